The fourth-order valence-corrected chi connectivity index (χ4v) is 4.31. The van der Waals surface area contributed by atoms with E-state index in [0.717, 1.165) is 15.5 Å². The quantitative estimate of drug-likeness (QED) is 0.576. The summed E-state index contributed by atoms with van der Waals surface area (Å²) >= 11 is 2.36. The maximum absolute atomic E-state index is 14.1. The van der Waals surface area contributed by atoms with Gasteiger partial charge in [0.05, 0.1) is 15.7 Å². The largest absolute Gasteiger partial charge is 0.369 e. The summed E-state index contributed by atoms with van der Waals surface area (Å²) in [6, 6.07) is 7.13. The van der Waals surface area contributed by atoms with Gasteiger partial charge in [-0.2, -0.15) is 5.10 Å². The van der Waals surface area contributed by atoms with Crippen molar-refractivity contribution >= 4 is 40.0 Å². The number of nitrogens with two attached hydrogens (primary N) is 1. The maximum atomic E-state index is 14.1. The first-order chi connectivity index (χ1) is 13.8. The van der Waals surface area contributed by atoms with E-state index < -0.39 is 28.8 Å². The molecule has 0 spiro atoms. The highest BCUT2D eigenvalue weighted by Gasteiger charge is 2.19. The van der Waals surface area contributed by atoms with Crippen molar-refractivity contribution in [2.75, 3.05) is 11.1 Å². The second-order valence-corrected chi connectivity index (χ2v) is 8.21. The van der Waals surface area contributed by atoms with E-state index >= 15 is 0 Å². The van der Waals surface area contributed by atoms with Gasteiger partial charge in [0.2, 0.25) is 11.3 Å². The molecule has 0 saturated carbocycles. The van der Waals surface area contributed by atoms with E-state index in [4.69, 9.17) is 5.73 Å². The Kier molecular flexibility index (Phi) is 6.09. The molecule has 0 aliphatic carbocycles. The first-order valence-corrected chi connectivity index (χ1v) is 10.1. The molecule has 0 unspecified atom stereocenters. The number of amides is 2. The third-order valence-corrected chi connectivity index (χ3v) is 6.18. The molecule has 3 N–H and O–H groups in total. The Morgan fingerprint density at radius 2 is 2.03 bits per heavy atom. The third kappa shape index (κ3) is 4.69. The molecule has 2 aromatic heterocycles. The molecule has 2 amide bonds. The molecule has 0 aliphatic rings. The predicted molar refractivity (Wildman–Crippen MR) is 109 cm³/mol. The summed E-state index contributed by atoms with van der Waals surface area (Å²) in [5.74, 6) is -1.68. The number of carbonyl (C=O) groups is 2. The van der Waals surface area contributed by atoms with E-state index in [1.165, 1.54) is 40.7 Å². The minimum atomic E-state index is -0.764. The van der Waals surface area contributed by atoms with Gasteiger partial charge < -0.3 is 5.73 Å². The number of aryl methyl sites for hydroxylation is 2. The molecule has 1 aromatic carbocycles. The number of nitrogens with zero attached hydrogens (tertiary/aromatic N) is 3. The molecular weight excluding hydrogens is 417 g/mol. The van der Waals surface area contributed by atoms with E-state index in [9.17, 15) is 18.8 Å². The SMILES string of the molecule is Cc1nc(NC(=O)c2nn(-c3ccccc3F)c(C)cc2=O)sc1SCC(N)=O. The standard InChI is InChI=1S/C18H16FN5O3S2/c1-9-7-13(25)15(23-24(9)12-6-4-3-5-11(12)19)16(27)22-18-21-10(2)17(29-18)28-8-14(20)26/h3-7H,8H2,1-2H3,(H2,20,26)(H,21,22,27). The van der Waals surface area contributed by atoms with Gasteiger partial charge in [-0.3, -0.25) is 19.7 Å². The highest BCUT2D eigenvalue weighted by atomic mass is 32.2. The summed E-state index contributed by atoms with van der Waals surface area (Å²) < 4.78 is 16.1. The first-order valence-electron chi connectivity index (χ1n) is 8.32. The lowest BCUT2D eigenvalue weighted by Crippen LogP contribution is -2.27. The van der Waals surface area contributed by atoms with Crippen LogP contribution in [0, 0.1) is 19.7 Å². The van der Waals surface area contributed by atoms with Crippen LogP contribution in [-0.2, 0) is 4.79 Å². The number of para-hydroxylation sites is 1. The Labute approximate surface area is 173 Å². The molecule has 8 nitrogen and oxygen atoms in total. The van der Waals surface area contributed by atoms with Crippen molar-refractivity contribution in [3.05, 3.63) is 63.5 Å². The number of rotatable bonds is 6. The zero-order chi connectivity index (χ0) is 21.1. The zero-order valence-corrected chi connectivity index (χ0v) is 17.1. The average molecular weight is 433 g/mol. The van der Waals surface area contributed by atoms with Crippen LogP contribution in [0.1, 0.15) is 21.9 Å². The highest BCUT2D eigenvalue weighted by Crippen LogP contribution is 2.31. The smallest absolute Gasteiger partial charge is 0.281 e. The molecule has 0 fully saturated rings. The third-order valence-electron chi connectivity index (χ3n) is 3.72. The van der Waals surface area contributed by atoms with Gasteiger partial charge in [-0.25, -0.2) is 14.1 Å². The predicted octanol–water partition coefficient (Wildman–Crippen LogP) is 2.27. The Bertz CT molecular complexity index is 1160. The molecular formula is C18H16FN5O3S2. The number of primary amides is 1. The molecule has 29 heavy (non-hydrogen) atoms. The van der Waals surface area contributed by atoms with E-state index in [2.05, 4.69) is 15.4 Å². The second-order valence-electron chi connectivity index (χ2n) is 5.96. The molecule has 11 heteroatoms. The van der Waals surface area contributed by atoms with Gasteiger partial charge in [0.15, 0.2) is 10.8 Å². The lowest BCUT2D eigenvalue weighted by atomic mass is 10.2. The van der Waals surface area contributed by atoms with Crippen LogP contribution < -0.4 is 16.5 Å². The van der Waals surface area contributed by atoms with Crippen molar-refractivity contribution in [1.29, 1.82) is 0 Å². The topological polar surface area (TPSA) is 120 Å². The summed E-state index contributed by atoms with van der Waals surface area (Å²) in [6.07, 6.45) is 0. The average Bonchev–Trinajstić information content (AvgIpc) is 3.00. The van der Waals surface area contributed by atoms with E-state index in [0.29, 0.717) is 11.4 Å². The summed E-state index contributed by atoms with van der Waals surface area (Å²) in [5, 5.41) is 6.83. The fourth-order valence-electron chi connectivity index (χ4n) is 2.43. The molecule has 0 aliphatic heterocycles. The number of hydrogen-bond donors (Lipinski definition) is 2. The Balaban J connectivity index is 1.89. The van der Waals surface area contributed by atoms with E-state index in [-0.39, 0.29) is 16.6 Å². The first kappa shape index (κ1) is 20.7. The summed E-state index contributed by atoms with van der Waals surface area (Å²) in [7, 11) is 0. The van der Waals surface area contributed by atoms with Crippen LogP contribution in [0.5, 0.6) is 0 Å². The minimum Gasteiger partial charge on any atom is -0.369 e. The lowest BCUT2D eigenvalue weighted by Gasteiger charge is -2.11. The van der Waals surface area contributed by atoms with Crippen molar-refractivity contribution in [2.45, 2.75) is 18.1 Å². The second kappa shape index (κ2) is 8.53. The number of anilines is 1. The van der Waals surface area contributed by atoms with Crippen LogP contribution in [0.3, 0.4) is 0 Å². The van der Waals surface area contributed by atoms with Crippen LogP contribution in [0.25, 0.3) is 5.69 Å². The van der Waals surface area contributed by atoms with Gasteiger partial charge >= 0.3 is 0 Å². The number of carbonyl (C=O) groups excluding carboxylic acids is 2. The number of thiazole rings is 1. The lowest BCUT2D eigenvalue weighted by molar-refractivity contribution is -0.115. The summed E-state index contributed by atoms with van der Waals surface area (Å²) in [6.45, 7) is 3.32. The van der Waals surface area contributed by atoms with E-state index in [1.54, 1.807) is 19.9 Å². The number of hydrogen-bond acceptors (Lipinski definition) is 7. The Morgan fingerprint density at radius 1 is 1.31 bits per heavy atom. The monoisotopic (exact) mass is 433 g/mol. The van der Waals surface area contributed by atoms with Crippen molar-refractivity contribution in [3.8, 4) is 5.69 Å². The van der Waals surface area contributed by atoms with Gasteiger partial charge in [0, 0.05) is 11.8 Å². The Morgan fingerprint density at radius 3 is 2.72 bits per heavy atom. The Hall–Kier alpha value is -3.05. The van der Waals surface area contributed by atoms with Crippen molar-refractivity contribution in [2.24, 2.45) is 5.73 Å². The molecule has 3 aromatic rings. The number of benzene rings is 1. The van der Waals surface area contributed by atoms with Gasteiger partial charge in [-0.05, 0) is 26.0 Å². The van der Waals surface area contributed by atoms with Crippen molar-refractivity contribution < 1.29 is 14.0 Å². The summed E-state index contributed by atoms with van der Waals surface area (Å²) in [5.41, 5.74) is 5.28. The van der Waals surface area contributed by atoms with Crippen LogP contribution in [0.15, 0.2) is 39.3 Å². The fraction of sp³-hybridized carbons (Fsp3) is 0.167. The number of aromatic nitrogens is 3. The maximum Gasteiger partial charge on any atom is 0.281 e. The minimum absolute atomic E-state index is 0.0866. The zero-order valence-electron chi connectivity index (χ0n) is 15.4. The van der Waals surface area contributed by atoms with Gasteiger partial charge in [0.25, 0.3) is 5.91 Å². The van der Waals surface area contributed by atoms with Crippen LogP contribution in [0.2, 0.25) is 0 Å². The number of thioether (sulfide) groups is 1. The van der Waals surface area contributed by atoms with Gasteiger partial charge in [0.1, 0.15) is 11.5 Å². The van der Waals surface area contributed by atoms with Crippen molar-refractivity contribution in [1.82, 2.24) is 14.8 Å². The molecule has 0 bridgehead atoms. The van der Waals surface area contributed by atoms with Crippen LogP contribution >= 0.6 is 23.1 Å². The molecule has 150 valence electrons. The highest BCUT2D eigenvalue weighted by molar-refractivity contribution is 8.01. The normalized spacial score (nSPS) is 10.7. The van der Waals surface area contributed by atoms with E-state index in [1.807, 2.05) is 0 Å². The molecule has 0 saturated heterocycles. The van der Waals surface area contributed by atoms with Crippen LogP contribution in [0.4, 0.5) is 9.52 Å². The van der Waals surface area contributed by atoms with Crippen LogP contribution in [-0.4, -0.2) is 32.3 Å². The number of halogens is 1. The number of nitrogens with one attached hydrogen (secondary N) is 1. The molecule has 0 radical (unpaired) electrons. The molecule has 3 rings (SSSR count). The van der Waals surface area contributed by atoms with Crippen molar-refractivity contribution in [3.63, 3.8) is 0 Å². The van der Waals surface area contributed by atoms with Gasteiger partial charge in [-0.1, -0.05) is 23.5 Å². The molecule has 0 atom stereocenters. The van der Waals surface area contributed by atoms with Gasteiger partial charge in [-0.15, -0.1) is 11.8 Å². The molecule has 2 heterocycles. The summed E-state index contributed by atoms with van der Waals surface area (Å²) in [4.78, 5) is 40.0.